The third kappa shape index (κ3) is 4.00. The van der Waals surface area contributed by atoms with Crippen LogP contribution in [0.3, 0.4) is 0 Å². The highest BCUT2D eigenvalue weighted by atomic mass is 16.5. The van der Waals surface area contributed by atoms with Crippen molar-refractivity contribution < 1.29 is 9.84 Å². The first-order chi connectivity index (χ1) is 8.78. The van der Waals surface area contributed by atoms with Gasteiger partial charge in [0.15, 0.2) is 0 Å². The molecule has 0 heterocycles. The minimum Gasteiger partial charge on any atom is -0.491 e. The van der Waals surface area contributed by atoms with Crippen LogP contribution in [0.25, 0.3) is 0 Å². The lowest BCUT2D eigenvalue weighted by Crippen LogP contribution is -2.20. The summed E-state index contributed by atoms with van der Waals surface area (Å²) in [4.78, 5) is 0. The van der Waals surface area contributed by atoms with Gasteiger partial charge in [-0.1, -0.05) is 37.8 Å². The van der Waals surface area contributed by atoms with Crippen LogP contribution < -0.4 is 10.5 Å². The number of hydrogen-bond acceptors (Lipinski definition) is 3. The minimum absolute atomic E-state index is 0.345. The first-order valence-corrected chi connectivity index (χ1v) is 6.88. The molecule has 1 aliphatic carbocycles. The molecule has 0 spiro atoms. The summed E-state index contributed by atoms with van der Waals surface area (Å²) in [5.74, 6) is 1.50. The summed E-state index contributed by atoms with van der Waals surface area (Å²) < 4.78 is 5.59. The molecule has 3 N–H and O–H groups in total. The normalized spacial score (nSPS) is 17.9. The van der Waals surface area contributed by atoms with Crippen molar-refractivity contribution in [3.63, 3.8) is 0 Å². The second kappa shape index (κ2) is 6.76. The van der Waals surface area contributed by atoms with Crippen LogP contribution in [0.1, 0.15) is 37.7 Å². The average molecular weight is 249 g/mol. The van der Waals surface area contributed by atoms with Gasteiger partial charge in [0, 0.05) is 6.54 Å². The van der Waals surface area contributed by atoms with Gasteiger partial charge in [0.05, 0.1) is 6.10 Å². The molecular formula is C15H23NO2. The van der Waals surface area contributed by atoms with Crippen LogP contribution in [0.4, 0.5) is 0 Å². The summed E-state index contributed by atoms with van der Waals surface area (Å²) in [6.45, 7) is 0.934. The Morgan fingerprint density at radius 1 is 1.22 bits per heavy atom. The molecule has 3 nitrogen and oxygen atoms in total. The molecule has 1 aliphatic rings. The second-order valence-corrected chi connectivity index (χ2v) is 5.20. The van der Waals surface area contributed by atoms with Crippen molar-refractivity contribution in [3.05, 3.63) is 29.8 Å². The Morgan fingerprint density at radius 3 is 2.50 bits per heavy atom. The van der Waals surface area contributed by atoms with Crippen LogP contribution in [0, 0.1) is 5.92 Å². The van der Waals surface area contributed by atoms with Crippen LogP contribution in [0.2, 0.25) is 0 Å². The van der Waals surface area contributed by atoms with E-state index in [1.807, 2.05) is 24.3 Å². The van der Waals surface area contributed by atoms with E-state index in [0.717, 1.165) is 17.7 Å². The molecule has 1 fully saturated rings. The van der Waals surface area contributed by atoms with Gasteiger partial charge in [-0.3, -0.25) is 0 Å². The van der Waals surface area contributed by atoms with E-state index < -0.39 is 0 Å². The Kier molecular flexibility index (Phi) is 5.02. The van der Waals surface area contributed by atoms with E-state index in [-0.39, 0.29) is 6.10 Å². The zero-order chi connectivity index (χ0) is 12.8. The Bertz CT molecular complexity index is 344. The van der Waals surface area contributed by atoms with E-state index in [4.69, 9.17) is 10.5 Å². The monoisotopic (exact) mass is 249 g/mol. The number of aliphatic hydroxyl groups excluding tert-OH is 1. The number of benzene rings is 1. The van der Waals surface area contributed by atoms with Gasteiger partial charge in [-0.2, -0.15) is 0 Å². The molecule has 0 aliphatic heterocycles. The van der Waals surface area contributed by atoms with Gasteiger partial charge in [-0.15, -0.1) is 0 Å². The number of nitrogens with two attached hydrogens (primary N) is 1. The first kappa shape index (κ1) is 13.4. The minimum atomic E-state index is -0.345. The predicted molar refractivity (Wildman–Crippen MR) is 72.4 cm³/mol. The molecule has 18 heavy (non-hydrogen) atoms. The number of aliphatic hydroxyl groups is 1. The number of rotatable bonds is 6. The fourth-order valence-corrected chi connectivity index (χ4v) is 2.61. The van der Waals surface area contributed by atoms with E-state index in [0.29, 0.717) is 19.1 Å². The first-order valence-electron chi connectivity index (χ1n) is 6.88. The largest absolute Gasteiger partial charge is 0.491 e. The standard InChI is InChI=1S/C15H23NO2/c16-10-13-5-7-15(8-6-13)18-11-14(17)9-12-3-1-2-4-12/h5-8,12,14,17H,1-4,9-11,16H2. The van der Waals surface area contributed by atoms with Crippen molar-refractivity contribution in [2.24, 2.45) is 11.7 Å². The maximum absolute atomic E-state index is 9.93. The Hall–Kier alpha value is -1.06. The average Bonchev–Trinajstić information content (AvgIpc) is 2.90. The van der Waals surface area contributed by atoms with Gasteiger partial charge in [0.1, 0.15) is 12.4 Å². The Labute approximate surface area is 109 Å². The molecule has 0 radical (unpaired) electrons. The number of ether oxygens (including phenoxy) is 1. The molecular weight excluding hydrogens is 226 g/mol. The van der Waals surface area contributed by atoms with Crippen LogP contribution in [-0.2, 0) is 6.54 Å². The fraction of sp³-hybridized carbons (Fsp3) is 0.600. The van der Waals surface area contributed by atoms with Gasteiger partial charge < -0.3 is 15.6 Å². The van der Waals surface area contributed by atoms with Gasteiger partial charge >= 0.3 is 0 Å². The zero-order valence-electron chi connectivity index (χ0n) is 10.8. The van der Waals surface area contributed by atoms with Crippen molar-refractivity contribution in [1.82, 2.24) is 0 Å². The van der Waals surface area contributed by atoms with Crippen LogP contribution in [0.5, 0.6) is 5.75 Å². The SMILES string of the molecule is NCc1ccc(OCC(O)CC2CCCC2)cc1. The highest BCUT2D eigenvalue weighted by Crippen LogP contribution is 2.28. The third-order valence-corrected chi connectivity index (χ3v) is 3.68. The Balaban J connectivity index is 1.72. The summed E-state index contributed by atoms with van der Waals surface area (Å²) >= 11 is 0. The quantitative estimate of drug-likeness (QED) is 0.814. The lowest BCUT2D eigenvalue weighted by atomic mass is 10.0. The molecule has 1 aromatic rings. The second-order valence-electron chi connectivity index (χ2n) is 5.20. The van der Waals surface area contributed by atoms with Crippen LogP contribution >= 0.6 is 0 Å². The smallest absolute Gasteiger partial charge is 0.119 e. The van der Waals surface area contributed by atoms with E-state index in [2.05, 4.69) is 0 Å². The summed E-state index contributed by atoms with van der Waals surface area (Å²) in [5.41, 5.74) is 6.62. The lowest BCUT2D eigenvalue weighted by molar-refractivity contribution is 0.0855. The van der Waals surface area contributed by atoms with Gasteiger partial charge in [-0.25, -0.2) is 0 Å². The van der Waals surface area contributed by atoms with Crippen LogP contribution in [-0.4, -0.2) is 17.8 Å². The molecule has 0 bridgehead atoms. The van der Waals surface area contributed by atoms with E-state index in [9.17, 15) is 5.11 Å². The van der Waals surface area contributed by atoms with E-state index in [1.54, 1.807) is 0 Å². The third-order valence-electron chi connectivity index (χ3n) is 3.68. The van der Waals surface area contributed by atoms with Gasteiger partial charge in [0.2, 0.25) is 0 Å². The summed E-state index contributed by atoms with van der Waals surface area (Å²) in [7, 11) is 0. The molecule has 0 saturated heterocycles. The lowest BCUT2D eigenvalue weighted by Gasteiger charge is -2.16. The van der Waals surface area contributed by atoms with Crippen molar-refractivity contribution >= 4 is 0 Å². The fourth-order valence-electron chi connectivity index (χ4n) is 2.61. The van der Waals surface area contributed by atoms with Crippen molar-refractivity contribution in [2.45, 2.75) is 44.8 Å². The highest BCUT2D eigenvalue weighted by molar-refractivity contribution is 5.27. The molecule has 0 aromatic heterocycles. The van der Waals surface area contributed by atoms with Crippen molar-refractivity contribution in [3.8, 4) is 5.75 Å². The summed E-state index contributed by atoms with van der Waals surface area (Å²) in [5, 5.41) is 9.93. The summed E-state index contributed by atoms with van der Waals surface area (Å²) in [6.07, 6.45) is 5.70. The van der Waals surface area contributed by atoms with Gasteiger partial charge in [-0.05, 0) is 30.0 Å². The predicted octanol–water partition coefficient (Wildman–Crippen LogP) is 2.47. The molecule has 3 heteroatoms. The van der Waals surface area contributed by atoms with E-state index in [1.165, 1.54) is 25.7 Å². The van der Waals surface area contributed by atoms with Crippen molar-refractivity contribution in [2.75, 3.05) is 6.61 Å². The molecule has 0 amide bonds. The molecule has 2 rings (SSSR count). The van der Waals surface area contributed by atoms with E-state index >= 15 is 0 Å². The molecule has 1 unspecified atom stereocenters. The van der Waals surface area contributed by atoms with Gasteiger partial charge in [0.25, 0.3) is 0 Å². The van der Waals surface area contributed by atoms with Crippen molar-refractivity contribution in [1.29, 1.82) is 0 Å². The molecule has 1 atom stereocenters. The molecule has 1 saturated carbocycles. The maximum atomic E-state index is 9.93. The molecule has 100 valence electrons. The Morgan fingerprint density at radius 2 is 1.89 bits per heavy atom. The summed E-state index contributed by atoms with van der Waals surface area (Å²) in [6, 6.07) is 7.73. The zero-order valence-corrected chi connectivity index (χ0v) is 10.8. The maximum Gasteiger partial charge on any atom is 0.119 e. The van der Waals surface area contributed by atoms with Crippen LogP contribution in [0.15, 0.2) is 24.3 Å². The molecule has 1 aromatic carbocycles. The highest BCUT2D eigenvalue weighted by Gasteiger charge is 2.19. The topological polar surface area (TPSA) is 55.5 Å². The number of hydrogen-bond donors (Lipinski definition) is 2.